The Kier molecular flexibility index (Phi) is 5.65. The summed E-state index contributed by atoms with van der Waals surface area (Å²) in [5.41, 5.74) is 2.57. The first kappa shape index (κ1) is 17.7. The van der Waals surface area contributed by atoms with Crippen molar-refractivity contribution < 1.29 is 0 Å². The van der Waals surface area contributed by atoms with Crippen molar-refractivity contribution in [1.29, 1.82) is 0 Å². The minimum atomic E-state index is 0.765. The van der Waals surface area contributed by atoms with Crippen LogP contribution in [0.1, 0.15) is 37.7 Å². The molecule has 0 amide bonds. The molecule has 1 aromatic carbocycles. The lowest BCUT2D eigenvalue weighted by Gasteiger charge is -2.32. The van der Waals surface area contributed by atoms with Crippen molar-refractivity contribution in [2.75, 3.05) is 33.2 Å². The Hall–Kier alpha value is -1.72. The summed E-state index contributed by atoms with van der Waals surface area (Å²) in [5.74, 6) is 1.78. The molecule has 5 nitrogen and oxygen atoms in total. The van der Waals surface area contributed by atoms with Crippen LogP contribution in [-0.2, 0) is 13.1 Å². The highest BCUT2D eigenvalue weighted by atomic mass is 15.3. The van der Waals surface area contributed by atoms with E-state index in [0.717, 1.165) is 37.9 Å². The molecule has 0 N–H and O–H groups in total. The van der Waals surface area contributed by atoms with Crippen molar-refractivity contribution in [1.82, 2.24) is 24.6 Å². The summed E-state index contributed by atoms with van der Waals surface area (Å²) >= 11 is 0. The standard InChI is InChI=1S/C21H31N5/c1-24-11-13-25(14-12-24)15-19-7-9-20(10-8-19)21-22-17-23-26(21)16-18-5-3-2-4-6-18/h7-10,17-18H,2-6,11-16H2,1H3. The number of rotatable bonds is 5. The molecule has 1 aromatic heterocycles. The van der Waals surface area contributed by atoms with Crippen LogP contribution in [0.25, 0.3) is 11.4 Å². The van der Waals surface area contributed by atoms with Crippen molar-refractivity contribution in [2.45, 2.75) is 45.2 Å². The van der Waals surface area contributed by atoms with Crippen LogP contribution in [0, 0.1) is 5.92 Å². The SMILES string of the molecule is CN1CCN(Cc2ccc(-c3ncnn3CC3CCCCC3)cc2)CC1. The van der Waals surface area contributed by atoms with Crippen molar-refractivity contribution in [3.05, 3.63) is 36.2 Å². The topological polar surface area (TPSA) is 37.2 Å². The summed E-state index contributed by atoms with van der Waals surface area (Å²) in [5, 5.41) is 4.50. The van der Waals surface area contributed by atoms with Gasteiger partial charge in [-0.2, -0.15) is 5.10 Å². The lowest BCUT2D eigenvalue weighted by atomic mass is 9.89. The molecule has 1 aliphatic carbocycles. The van der Waals surface area contributed by atoms with E-state index in [9.17, 15) is 0 Å². The second-order valence-corrected chi connectivity index (χ2v) is 8.05. The van der Waals surface area contributed by atoms with Gasteiger partial charge in [-0.25, -0.2) is 9.67 Å². The largest absolute Gasteiger partial charge is 0.304 e. The van der Waals surface area contributed by atoms with Gasteiger partial charge in [0.15, 0.2) is 5.82 Å². The zero-order chi connectivity index (χ0) is 17.8. The molecule has 2 heterocycles. The van der Waals surface area contributed by atoms with Gasteiger partial charge in [-0.3, -0.25) is 4.90 Å². The predicted octanol–water partition coefficient (Wildman–Crippen LogP) is 3.27. The van der Waals surface area contributed by atoms with Crippen LogP contribution in [0.4, 0.5) is 0 Å². The molecule has 140 valence electrons. The van der Waals surface area contributed by atoms with Crippen molar-refractivity contribution in [3.63, 3.8) is 0 Å². The smallest absolute Gasteiger partial charge is 0.158 e. The maximum absolute atomic E-state index is 4.54. The molecule has 0 radical (unpaired) electrons. The van der Waals surface area contributed by atoms with E-state index in [4.69, 9.17) is 0 Å². The van der Waals surface area contributed by atoms with Gasteiger partial charge in [0.2, 0.25) is 0 Å². The van der Waals surface area contributed by atoms with Crippen molar-refractivity contribution in [2.24, 2.45) is 5.92 Å². The lowest BCUT2D eigenvalue weighted by molar-refractivity contribution is 0.148. The Morgan fingerprint density at radius 2 is 1.69 bits per heavy atom. The molecule has 0 bridgehead atoms. The molecule has 2 aliphatic rings. The number of likely N-dealkylation sites (N-methyl/N-ethyl adjacent to an activating group) is 1. The van der Waals surface area contributed by atoms with Gasteiger partial charge in [0.1, 0.15) is 6.33 Å². The molecule has 0 spiro atoms. The van der Waals surface area contributed by atoms with Crippen molar-refractivity contribution in [3.8, 4) is 11.4 Å². The van der Waals surface area contributed by atoms with Gasteiger partial charge in [0.25, 0.3) is 0 Å². The molecule has 1 saturated heterocycles. The summed E-state index contributed by atoms with van der Waals surface area (Å²) in [7, 11) is 2.20. The maximum Gasteiger partial charge on any atom is 0.158 e. The Balaban J connectivity index is 1.40. The minimum absolute atomic E-state index is 0.765. The Morgan fingerprint density at radius 1 is 0.962 bits per heavy atom. The van der Waals surface area contributed by atoms with Gasteiger partial charge in [0.05, 0.1) is 0 Å². The number of hydrogen-bond acceptors (Lipinski definition) is 4. The van der Waals surface area contributed by atoms with E-state index in [1.807, 2.05) is 0 Å². The van der Waals surface area contributed by atoms with Gasteiger partial charge in [-0.15, -0.1) is 0 Å². The minimum Gasteiger partial charge on any atom is -0.304 e. The Labute approximate surface area is 157 Å². The van der Waals surface area contributed by atoms with Gasteiger partial charge in [-0.1, -0.05) is 43.5 Å². The normalized spacial score (nSPS) is 20.5. The molecule has 4 rings (SSSR count). The molecule has 26 heavy (non-hydrogen) atoms. The fraction of sp³-hybridized carbons (Fsp3) is 0.619. The summed E-state index contributed by atoms with van der Waals surface area (Å²) in [6.07, 6.45) is 8.52. The highest BCUT2D eigenvalue weighted by Crippen LogP contribution is 2.26. The van der Waals surface area contributed by atoms with E-state index >= 15 is 0 Å². The molecule has 0 atom stereocenters. The quantitative estimate of drug-likeness (QED) is 0.827. The maximum atomic E-state index is 4.54. The zero-order valence-corrected chi connectivity index (χ0v) is 16.0. The third-order valence-corrected chi connectivity index (χ3v) is 5.99. The van der Waals surface area contributed by atoms with Gasteiger partial charge < -0.3 is 4.90 Å². The van der Waals surface area contributed by atoms with Crippen LogP contribution < -0.4 is 0 Å². The average Bonchev–Trinajstić information content (AvgIpc) is 3.13. The van der Waals surface area contributed by atoms with E-state index in [1.165, 1.54) is 56.3 Å². The summed E-state index contributed by atoms with van der Waals surface area (Å²) in [6.45, 7) is 6.72. The molecule has 1 aliphatic heterocycles. The number of hydrogen-bond donors (Lipinski definition) is 0. The average molecular weight is 354 g/mol. The first-order chi connectivity index (χ1) is 12.8. The highest BCUT2D eigenvalue weighted by molar-refractivity contribution is 5.55. The van der Waals surface area contributed by atoms with Crippen LogP contribution >= 0.6 is 0 Å². The van der Waals surface area contributed by atoms with Crippen molar-refractivity contribution >= 4 is 0 Å². The van der Waals surface area contributed by atoms with Crippen LogP contribution in [0.15, 0.2) is 30.6 Å². The Morgan fingerprint density at radius 3 is 2.42 bits per heavy atom. The third kappa shape index (κ3) is 4.33. The van der Waals surface area contributed by atoms with E-state index in [1.54, 1.807) is 6.33 Å². The van der Waals surface area contributed by atoms with Gasteiger partial charge in [-0.05, 0) is 31.4 Å². The highest BCUT2D eigenvalue weighted by Gasteiger charge is 2.17. The van der Waals surface area contributed by atoms with Crippen LogP contribution in [-0.4, -0.2) is 57.8 Å². The molecule has 1 saturated carbocycles. The van der Waals surface area contributed by atoms with Crippen LogP contribution in [0.3, 0.4) is 0 Å². The third-order valence-electron chi connectivity index (χ3n) is 5.99. The fourth-order valence-electron chi connectivity index (χ4n) is 4.26. The molecule has 2 fully saturated rings. The van der Waals surface area contributed by atoms with E-state index < -0.39 is 0 Å². The monoisotopic (exact) mass is 353 g/mol. The number of aromatic nitrogens is 3. The lowest BCUT2D eigenvalue weighted by Crippen LogP contribution is -2.43. The zero-order valence-electron chi connectivity index (χ0n) is 16.0. The number of nitrogens with zero attached hydrogens (tertiary/aromatic N) is 5. The molecule has 0 unspecified atom stereocenters. The number of benzene rings is 1. The van der Waals surface area contributed by atoms with Gasteiger partial charge in [0, 0.05) is 44.8 Å². The summed E-state index contributed by atoms with van der Waals surface area (Å²) < 4.78 is 2.12. The van der Waals surface area contributed by atoms with Crippen LogP contribution in [0.2, 0.25) is 0 Å². The molecule has 2 aromatic rings. The fourth-order valence-corrected chi connectivity index (χ4v) is 4.26. The van der Waals surface area contributed by atoms with Gasteiger partial charge >= 0.3 is 0 Å². The van der Waals surface area contributed by atoms with E-state index in [-0.39, 0.29) is 0 Å². The molecular weight excluding hydrogens is 322 g/mol. The predicted molar refractivity (Wildman–Crippen MR) is 105 cm³/mol. The molecule has 5 heteroatoms. The van der Waals surface area contributed by atoms with E-state index in [2.05, 4.69) is 55.9 Å². The second-order valence-electron chi connectivity index (χ2n) is 8.05. The number of piperazine rings is 1. The summed E-state index contributed by atoms with van der Waals surface area (Å²) in [4.78, 5) is 9.49. The Bertz CT molecular complexity index is 679. The van der Waals surface area contributed by atoms with Crippen LogP contribution in [0.5, 0.6) is 0 Å². The second kappa shape index (κ2) is 8.31. The first-order valence-corrected chi connectivity index (χ1v) is 10.2. The molecular formula is C21H31N5. The summed E-state index contributed by atoms with van der Waals surface area (Å²) in [6, 6.07) is 8.94. The first-order valence-electron chi connectivity index (χ1n) is 10.2. The van der Waals surface area contributed by atoms with E-state index in [0.29, 0.717) is 0 Å².